The molecule has 0 aliphatic heterocycles. The number of nitrogens with zero attached hydrogens (tertiary/aromatic N) is 2. The van der Waals surface area contributed by atoms with Crippen LogP contribution >= 0.6 is 11.6 Å². The molecule has 68 valence electrons. The van der Waals surface area contributed by atoms with Crippen molar-refractivity contribution in [3.8, 4) is 0 Å². The first kappa shape index (κ1) is 9.59. The van der Waals surface area contributed by atoms with Crippen molar-refractivity contribution in [2.24, 2.45) is 5.92 Å². The highest BCUT2D eigenvalue weighted by Crippen LogP contribution is 2.07. The van der Waals surface area contributed by atoms with Gasteiger partial charge in [-0.2, -0.15) is 5.10 Å². The summed E-state index contributed by atoms with van der Waals surface area (Å²) in [6.07, 6.45) is 0. The lowest BCUT2D eigenvalue weighted by molar-refractivity contribution is 0.477. The quantitative estimate of drug-likeness (QED) is 0.663. The topological polar surface area (TPSA) is 17.8 Å². The summed E-state index contributed by atoms with van der Waals surface area (Å²) < 4.78 is 2.02. The van der Waals surface area contributed by atoms with E-state index in [1.807, 2.05) is 11.6 Å². The molecule has 1 unspecified atom stereocenters. The SMILES string of the molecule is Cc1cc(C)n(CC(C)CCl)n1. The van der Waals surface area contributed by atoms with Gasteiger partial charge in [0.25, 0.3) is 0 Å². The van der Waals surface area contributed by atoms with E-state index in [-0.39, 0.29) is 0 Å². The smallest absolute Gasteiger partial charge is 0.0596 e. The summed E-state index contributed by atoms with van der Waals surface area (Å²) in [6, 6.07) is 2.08. The first-order valence-corrected chi connectivity index (χ1v) is 4.74. The second kappa shape index (κ2) is 3.94. The molecule has 12 heavy (non-hydrogen) atoms. The van der Waals surface area contributed by atoms with Crippen LogP contribution in [0.2, 0.25) is 0 Å². The predicted octanol–water partition coefficient (Wildman–Crippen LogP) is 2.37. The molecule has 1 aromatic rings. The number of hydrogen-bond acceptors (Lipinski definition) is 1. The Morgan fingerprint density at radius 3 is 2.67 bits per heavy atom. The number of hydrogen-bond donors (Lipinski definition) is 0. The number of rotatable bonds is 3. The Balaban J connectivity index is 2.68. The lowest BCUT2D eigenvalue weighted by Crippen LogP contribution is -2.11. The third-order valence-electron chi connectivity index (χ3n) is 1.85. The Kier molecular flexibility index (Phi) is 3.15. The van der Waals surface area contributed by atoms with Gasteiger partial charge in [0.2, 0.25) is 0 Å². The summed E-state index contributed by atoms with van der Waals surface area (Å²) in [5.41, 5.74) is 2.29. The largest absolute Gasteiger partial charge is 0.269 e. The van der Waals surface area contributed by atoms with Gasteiger partial charge in [-0.15, -0.1) is 11.6 Å². The minimum atomic E-state index is 0.490. The fraction of sp³-hybridized carbons (Fsp3) is 0.667. The molecule has 1 aromatic heterocycles. The maximum Gasteiger partial charge on any atom is 0.0596 e. The number of alkyl halides is 1. The van der Waals surface area contributed by atoms with Crippen LogP contribution in [0.3, 0.4) is 0 Å². The molecule has 0 bridgehead atoms. The summed E-state index contributed by atoms with van der Waals surface area (Å²) in [5, 5.41) is 4.36. The number of halogens is 1. The van der Waals surface area contributed by atoms with Crippen molar-refractivity contribution in [2.45, 2.75) is 27.3 Å². The van der Waals surface area contributed by atoms with Crippen molar-refractivity contribution in [1.82, 2.24) is 9.78 Å². The third-order valence-corrected chi connectivity index (χ3v) is 2.38. The standard InChI is InChI=1S/C9H15ClN2/c1-7(5-10)6-12-9(3)4-8(2)11-12/h4,7H,5-6H2,1-3H3. The van der Waals surface area contributed by atoms with Crippen molar-refractivity contribution in [1.29, 1.82) is 0 Å². The van der Waals surface area contributed by atoms with Crippen LogP contribution in [0.1, 0.15) is 18.3 Å². The minimum absolute atomic E-state index is 0.490. The van der Waals surface area contributed by atoms with E-state index in [1.54, 1.807) is 0 Å². The normalized spacial score (nSPS) is 13.3. The predicted molar refractivity (Wildman–Crippen MR) is 51.6 cm³/mol. The van der Waals surface area contributed by atoms with Gasteiger partial charge in [0, 0.05) is 18.1 Å². The zero-order chi connectivity index (χ0) is 9.14. The van der Waals surface area contributed by atoms with E-state index in [1.165, 1.54) is 5.69 Å². The molecule has 3 heteroatoms. The van der Waals surface area contributed by atoms with Crippen molar-refractivity contribution >= 4 is 11.6 Å². The fourth-order valence-corrected chi connectivity index (χ4v) is 1.30. The van der Waals surface area contributed by atoms with Crippen LogP contribution < -0.4 is 0 Å². The second-order valence-corrected chi connectivity index (χ2v) is 3.68. The van der Waals surface area contributed by atoms with E-state index in [0.29, 0.717) is 11.8 Å². The van der Waals surface area contributed by atoms with Crippen LogP contribution in [-0.2, 0) is 6.54 Å². The summed E-state index contributed by atoms with van der Waals surface area (Å²) in [6.45, 7) is 7.13. The van der Waals surface area contributed by atoms with Gasteiger partial charge >= 0.3 is 0 Å². The van der Waals surface area contributed by atoms with Crippen LogP contribution in [0.4, 0.5) is 0 Å². The maximum absolute atomic E-state index is 5.72. The van der Waals surface area contributed by atoms with Crippen molar-refractivity contribution < 1.29 is 0 Å². The van der Waals surface area contributed by atoms with Gasteiger partial charge < -0.3 is 0 Å². The summed E-state index contributed by atoms with van der Waals surface area (Å²) in [5.74, 6) is 1.18. The molecule has 0 aliphatic carbocycles. The molecular weight excluding hydrogens is 172 g/mol. The molecule has 1 rings (SSSR count). The van der Waals surface area contributed by atoms with E-state index < -0.39 is 0 Å². The molecule has 0 aliphatic rings. The summed E-state index contributed by atoms with van der Waals surface area (Å²) >= 11 is 5.72. The second-order valence-electron chi connectivity index (χ2n) is 3.37. The third kappa shape index (κ3) is 2.24. The van der Waals surface area contributed by atoms with Crippen molar-refractivity contribution in [2.75, 3.05) is 5.88 Å². The Morgan fingerprint density at radius 1 is 1.58 bits per heavy atom. The summed E-state index contributed by atoms with van der Waals surface area (Å²) in [7, 11) is 0. The van der Waals surface area contributed by atoms with E-state index in [2.05, 4.69) is 25.0 Å². The van der Waals surface area contributed by atoms with Crippen LogP contribution in [0.15, 0.2) is 6.07 Å². The van der Waals surface area contributed by atoms with Gasteiger partial charge in [-0.05, 0) is 25.8 Å². The first-order valence-electron chi connectivity index (χ1n) is 4.20. The van der Waals surface area contributed by atoms with Gasteiger partial charge in [-0.25, -0.2) is 0 Å². The van der Waals surface area contributed by atoms with E-state index in [4.69, 9.17) is 11.6 Å². The van der Waals surface area contributed by atoms with E-state index in [9.17, 15) is 0 Å². The molecule has 0 saturated carbocycles. The van der Waals surface area contributed by atoms with E-state index in [0.717, 1.165) is 12.2 Å². The molecule has 0 fully saturated rings. The minimum Gasteiger partial charge on any atom is -0.269 e. The van der Waals surface area contributed by atoms with Crippen molar-refractivity contribution in [3.63, 3.8) is 0 Å². The first-order chi connectivity index (χ1) is 5.63. The monoisotopic (exact) mass is 186 g/mol. The van der Waals surface area contributed by atoms with Crippen LogP contribution in [0.25, 0.3) is 0 Å². The molecule has 1 atom stereocenters. The van der Waals surface area contributed by atoms with Crippen LogP contribution in [0.5, 0.6) is 0 Å². The molecule has 1 heterocycles. The van der Waals surface area contributed by atoms with E-state index >= 15 is 0 Å². The van der Waals surface area contributed by atoms with Gasteiger partial charge in [-0.3, -0.25) is 4.68 Å². The fourth-order valence-electron chi connectivity index (χ4n) is 1.20. The molecule has 0 N–H and O–H groups in total. The molecule has 0 amide bonds. The molecule has 0 radical (unpaired) electrons. The highest BCUT2D eigenvalue weighted by atomic mass is 35.5. The maximum atomic E-state index is 5.72. The highest BCUT2D eigenvalue weighted by molar-refractivity contribution is 6.18. The lowest BCUT2D eigenvalue weighted by atomic mass is 10.2. The lowest BCUT2D eigenvalue weighted by Gasteiger charge is -2.08. The molecular formula is C9H15ClN2. The zero-order valence-electron chi connectivity index (χ0n) is 7.84. The molecule has 2 nitrogen and oxygen atoms in total. The molecule has 0 saturated heterocycles. The Hall–Kier alpha value is -0.500. The van der Waals surface area contributed by atoms with Crippen LogP contribution in [0, 0.1) is 19.8 Å². The van der Waals surface area contributed by atoms with Gasteiger partial charge in [0.15, 0.2) is 0 Å². The van der Waals surface area contributed by atoms with Crippen LogP contribution in [-0.4, -0.2) is 15.7 Å². The highest BCUT2D eigenvalue weighted by Gasteiger charge is 2.04. The number of aromatic nitrogens is 2. The molecule has 0 spiro atoms. The zero-order valence-corrected chi connectivity index (χ0v) is 8.60. The number of aryl methyl sites for hydroxylation is 2. The average molecular weight is 187 g/mol. The molecule has 0 aromatic carbocycles. The van der Waals surface area contributed by atoms with Crippen molar-refractivity contribution in [3.05, 3.63) is 17.5 Å². The van der Waals surface area contributed by atoms with Gasteiger partial charge in [0.05, 0.1) is 5.69 Å². The Bertz CT molecular complexity index is 255. The van der Waals surface area contributed by atoms with Gasteiger partial charge in [-0.1, -0.05) is 6.92 Å². The Labute approximate surface area is 78.5 Å². The average Bonchev–Trinajstić information content (AvgIpc) is 2.30. The summed E-state index contributed by atoms with van der Waals surface area (Å²) in [4.78, 5) is 0. The Morgan fingerprint density at radius 2 is 2.25 bits per heavy atom. The van der Waals surface area contributed by atoms with Gasteiger partial charge in [0.1, 0.15) is 0 Å².